The van der Waals surface area contributed by atoms with Crippen molar-refractivity contribution in [3.05, 3.63) is 11.6 Å². The zero-order valence-electron chi connectivity index (χ0n) is 16.9. The third-order valence-electron chi connectivity index (χ3n) is 6.82. The van der Waals surface area contributed by atoms with Gasteiger partial charge in [-0.25, -0.2) is 0 Å². The van der Waals surface area contributed by atoms with Crippen LogP contribution >= 0.6 is 0 Å². The van der Waals surface area contributed by atoms with Gasteiger partial charge >= 0.3 is 0 Å². The van der Waals surface area contributed by atoms with Crippen molar-refractivity contribution in [3.8, 4) is 0 Å². The molecule has 0 radical (unpaired) electrons. The van der Waals surface area contributed by atoms with E-state index in [2.05, 4.69) is 33.8 Å². The van der Waals surface area contributed by atoms with Gasteiger partial charge in [0.2, 0.25) is 5.91 Å². The van der Waals surface area contributed by atoms with E-state index in [4.69, 9.17) is 0 Å². The number of carbonyl (C=O) groups excluding carboxylic acids is 1. The minimum absolute atomic E-state index is 0.277. The van der Waals surface area contributed by atoms with E-state index in [1.165, 1.54) is 38.5 Å². The Hall–Kier alpha value is -0.790. The minimum Gasteiger partial charge on any atom is -0.349 e. The molecule has 0 aromatic carbocycles. The molecule has 0 aromatic heterocycles. The Morgan fingerprint density at radius 3 is 1.96 bits per heavy atom. The molecule has 2 aliphatic carbocycles. The minimum atomic E-state index is 0.277. The molecule has 2 nitrogen and oxygen atoms in total. The maximum Gasteiger partial charge on any atom is 0.225 e. The number of nitrogens with zero attached hydrogens (tertiary/aromatic N) is 1. The van der Waals surface area contributed by atoms with Gasteiger partial charge in [0.25, 0.3) is 0 Å². The maximum atomic E-state index is 12.2. The van der Waals surface area contributed by atoms with Crippen molar-refractivity contribution in [1.29, 1.82) is 0 Å². The second-order valence-corrected chi connectivity index (χ2v) is 9.45. The number of hydrogen-bond acceptors (Lipinski definition) is 1. The van der Waals surface area contributed by atoms with E-state index in [0.717, 1.165) is 24.7 Å². The number of carbonyl (C=O) groups is 1. The molecule has 2 aliphatic rings. The first kappa shape index (κ1) is 19.5. The predicted molar refractivity (Wildman–Crippen MR) is 103 cm³/mol. The summed E-state index contributed by atoms with van der Waals surface area (Å²) in [7, 11) is 3.78. The van der Waals surface area contributed by atoms with E-state index < -0.39 is 0 Å². The molecule has 0 atom stereocenters. The maximum absolute atomic E-state index is 12.2. The Morgan fingerprint density at radius 1 is 1.00 bits per heavy atom. The van der Waals surface area contributed by atoms with Gasteiger partial charge < -0.3 is 4.90 Å². The number of rotatable bonds is 4. The smallest absolute Gasteiger partial charge is 0.225 e. The third-order valence-corrected chi connectivity index (χ3v) is 6.82. The van der Waals surface area contributed by atoms with Crippen LogP contribution in [0.2, 0.25) is 0 Å². The topological polar surface area (TPSA) is 20.3 Å². The van der Waals surface area contributed by atoms with Crippen molar-refractivity contribution in [2.45, 2.75) is 79.1 Å². The summed E-state index contributed by atoms with van der Waals surface area (Å²) < 4.78 is 0. The lowest BCUT2D eigenvalue weighted by molar-refractivity contribution is -0.134. The van der Waals surface area contributed by atoms with Crippen molar-refractivity contribution in [2.24, 2.45) is 29.1 Å². The highest BCUT2D eigenvalue weighted by Crippen LogP contribution is 2.49. The highest BCUT2D eigenvalue weighted by molar-refractivity contribution is 5.78. The van der Waals surface area contributed by atoms with Crippen LogP contribution in [0.1, 0.15) is 79.1 Å². The van der Waals surface area contributed by atoms with Gasteiger partial charge in [-0.15, -0.1) is 0 Å². The molecule has 1 amide bonds. The molecule has 0 N–H and O–H groups in total. The van der Waals surface area contributed by atoms with Crippen LogP contribution in [-0.2, 0) is 4.79 Å². The van der Waals surface area contributed by atoms with Gasteiger partial charge in [-0.2, -0.15) is 0 Å². The molecular weight excluding hydrogens is 294 g/mol. The highest BCUT2D eigenvalue weighted by atomic mass is 16.2. The molecule has 2 heteroatoms. The molecule has 0 spiro atoms. The Kier molecular flexibility index (Phi) is 6.56. The second kappa shape index (κ2) is 8.06. The summed E-state index contributed by atoms with van der Waals surface area (Å²) in [5.74, 6) is 2.96. The SMILES string of the molecule is CC(C)C=C1CCC(C(C)(C)C2CCC(C(=O)N(C)C)CC2)CC1. The molecule has 24 heavy (non-hydrogen) atoms. The second-order valence-electron chi connectivity index (χ2n) is 9.45. The number of hydrogen-bond donors (Lipinski definition) is 0. The predicted octanol–water partition coefficient (Wildman–Crippen LogP) is 5.68. The number of allylic oxidation sites excluding steroid dienone is 2. The van der Waals surface area contributed by atoms with Crippen LogP contribution in [0.15, 0.2) is 11.6 Å². The zero-order valence-corrected chi connectivity index (χ0v) is 16.9. The van der Waals surface area contributed by atoms with E-state index in [9.17, 15) is 4.79 Å². The summed E-state index contributed by atoms with van der Waals surface area (Å²) in [4.78, 5) is 14.0. The van der Waals surface area contributed by atoms with Crippen LogP contribution in [0.25, 0.3) is 0 Å². The van der Waals surface area contributed by atoms with Crippen LogP contribution in [0.3, 0.4) is 0 Å². The fraction of sp³-hybridized carbons (Fsp3) is 0.864. The molecule has 2 saturated carbocycles. The van der Waals surface area contributed by atoms with Crippen LogP contribution in [0, 0.1) is 29.1 Å². The Labute approximate surface area is 150 Å². The summed E-state index contributed by atoms with van der Waals surface area (Å²) in [6.45, 7) is 9.59. The van der Waals surface area contributed by atoms with Crippen LogP contribution in [0.4, 0.5) is 0 Å². The summed E-state index contributed by atoms with van der Waals surface area (Å²) in [6, 6.07) is 0. The average molecular weight is 334 g/mol. The van der Waals surface area contributed by atoms with Crippen molar-refractivity contribution < 1.29 is 4.79 Å². The Balaban J connectivity index is 1.89. The van der Waals surface area contributed by atoms with Crippen molar-refractivity contribution in [2.75, 3.05) is 14.1 Å². The quantitative estimate of drug-likeness (QED) is 0.606. The lowest BCUT2D eigenvalue weighted by Crippen LogP contribution is -2.39. The standard InChI is InChI=1S/C22H39NO/c1-16(2)15-17-7-11-19(12-8-17)22(3,4)20-13-9-18(10-14-20)21(24)23(5)6/h15-16,18-20H,7-14H2,1-6H3. The van der Waals surface area contributed by atoms with Gasteiger partial charge in [0.1, 0.15) is 0 Å². The van der Waals surface area contributed by atoms with E-state index in [0.29, 0.717) is 17.2 Å². The molecule has 138 valence electrons. The monoisotopic (exact) mass is 333 g/mol. The molecular formula is C22H39NO. The largest absolute Gasteiger partial charge is 0.349 e. The third kappa shape index (κ3) is 4.64. The molecule has 0 bridgehead atoms. The molecule has 0 aliphatic heterocycles. The Morgan fingerprint density at radius 2 is 1.50 bits per heavy atom. The van der Waals surface area contributed by atoms with Crippen LogP contribution in [0.5, 0.6) is 0 Å². The first-order chi connectivity index (χ1) is 11.2. The zero-order chi connectivity index (χ0) is 17.9. The molecule has 2 fully saturated rings. The molecule has 0 heterocycles. The van der Waals surface area contributed by atoms with Gasteiger partial charge in [-0.1, -0.05) is 39.3 Å². The molecule has 2 rings (SSSR count). The fourth-order valence-corrected chi connectivity index (χ4v) is 5.15. The normalized spacial score (nSPS) is 28.8. The lowest BCUT2D eigenvalue weighted by atomic mass is 9.59. The van der Waals surface area contributed by atoms with E-state index >= 15 is 0 Å². The van der Waals surface area contributed by atoms with Gasteiger partial charge in [0.15, 0.2) is 0 Å². The van der Waals surface area contributed by atoms with E-state index in [-0.39, 0.29) is 5.92 Å². The molecule has 0 aromatic rings. The van der Waals surface area contributed by atoms with Crippen LogP contribution in [-0.4, -0.2) is 24.9 Å². The van der Waals surface area contributed by atoms with Crippen molar-refractivity contribution in [3.63, 3.8) is 0 Å². The van der Waals surface area contributed by atoms with E-state index in [1.54, 1.807) is 10.5 Å². The fourth-order valence-electron chi connectivity index (χ4n) is 5.15. The van der Waals surface area contributed by atoms with Gasteiger partial charge in [0, 0.05) is 20.0 Å². The van der Waals surface area contributed by atoms with Crippen molar-refractivity contribution >= 4 is 5.91 Å². The summed E-state index contributed by atoms with van der Waals surface area (Å²) in [5.41, 5.74) is 2.12. The molecule has 0 saturated heterocycles. The lowest BCUT2D eigenvalue weighted by Gasteiger charge is -2.46. The first-order valence-corrected chi connectivity index (χ1v) is 10.1. The highest BCUT2D eigenvalue weighted by Gasteiger charge is 2.40. The van der Waals surface area contributed by atoms with Gasteiger partial charge in [-0.3, -0.25) is 4.79 Å². The van der Waals surface area contributed by atoms with E-state index in [1.807, 2.05) is 14.1 Å². The summed E-state index contributed by atoms with van der Waals surface area (Å²) in [5, 5.41) is 0. The van der Waals surface area contributed by atoms with Crippen molar-refractivity contribution in [1.82, 2.24) is 4.90 Å². The number of amides is 1. The molecule has 0 unspecified atom stereocenters. The van der Waals surface area contributed by atoms with Gasteiger partial charge in [-0.05, 0) is 74.5 Å². The average Bonchev–Trinajstić information content (AvgIpc) is 2.54. The first-order valence-electron chi connectivity index (χ1n) is 10.1. The van der Waals surface area contributed by atoms with Gasteiger partial charge in [0.05, 0.1) is 0 Å². The Bertz CT molecular complexity index is 443. The summed E-state index contributed by atoms with van der Waals surface area (Å²) >= 11 is 0. The van der Waals surface area contributed by atoms with Crippen LogP contribution < -0.4 is 0 Å². The summed E-state index contributed by atoms with van der Waals surface area (Å²) in [6.07, 6.45) is 12.5.